The summed E-state index contributed by atoms with van der Waals surface area (Å²) in [5, 5.41) is 12.0. The largest absolute Gasteiger partial charge is 0.493 e. The number of hydrogen-bond donors (Lipinski definition) is 1. The van der Waals surface area contributed by atoms with Crippen LogP contribution in [0.15, 0.2) is 18.2 Å². The molecule has 1 saturated heterocycles. The van der Waals surface area contributed by atoms with Gasteiger partial charge >= 0.3 is 0 Å². The second-order valence-electron chi connectivity index (χ2n) is 6.63. The molecule has 1 aromatic heterocycles. The van der Waals surface area contributed by atoms with Crippen molar-refractivity contribution in [3.05, 3.63) is 34.3 Å². The summed E-state index contributed by atoms with van der Waals surface area (Å²) < 4.78 is 5.71. The van der Waals surface area contributed by atoms with Crippen LogP contribution >= 0.6 is 11.3 Å². The van der Waals surface area contributed by atoms with E-state index in [0.29, 0.717) is 11.0 Å². The van der Waals surface area contributed by atoms with Gasteiger partial charge in [-0.2, -0.15) is 0 Å². The van der Waals surface area contributed by atoms with E-state index in [1.807, 2.05) is 0 Å². The molecule has 4 rings (SSSR count). The molecule has 1 aromatic carbocycles. The van der Waals surface area contributed by atoms with Crippen molar-refractivity contribution in [3.63, 3.8) is 0 Å². The molecular formula is C18H23N5O2S. The standard InChI is InChI=1S/C18H23N5O2S/c1-12(14-4-3-13-5-10-25-15(13)11-14)22-6-8-23(9-7-22)18-21-20-17(26-18)16(24)19-2/h3-4,11-12H,5-10H2,1-2H3,(H,19,24). The lowest BCUT2D eigenvalue weighted by molar-refractivity contribution is 0.0962. The molecule has 8 heteroatoms. The number of amides is 1. The molecule has 3 heterocycles. The summed E-state index contributed by atoms with van der Waals surface area (Å²) in [6.45, 7) is 6.72. The maximum Gasteiger partial charge on any atom is 0.282 e. The van der Waals surface area contributed by atoms with Gasteiger partial charge in [-0.25, -0.2) is 0 Å². The van der Waals surface area contributed by atoms with Crippen LogP contribution in [0.1, 0.15) is 33.9 Å². The van der Waals surface area contributed by atoms with Gasteiger partial charge in [0, 0.05) is 45.7 Å². The Balaban J connectivity index is 1.38. The van der Waals surface area contributed by atoms with Crippen LogP contribution < -0.4 is 15.0 Å². The van der Waals surface area contributed by atoms with Crippen LogP contribution in [0.3, 0.4) is 0 Å². The second kappa shape index (κ2) is 7.20. The number of nitrogens with one attached hydrogen (secondary N) is 1. The van der Waals surface area contributed by atoms with E-state index in [1.165, 1.54) is 22.5 Å². The van der Waals surface area contributed by atoms with Crippen molar-refractivity contribution in [2.24, 2.45) is 0 Å². The first-order chi connectivity index (χ1) is 12.7. The molecule has 2 aromatic rings. The van der Waals surface area contributed by atoms with E-state index in [0.717, 1.165) is 50.1 Å². The van der Waals surface area contributed by atoms with E-state index in [-0.39, 0.29) is 5.91 Å². The number of rotatable bonds is 4. The third-order valence-corrected chi connectivity index (χ3v) is 6.15. The number of fused-ring (bicyclic) bond motifs is 1. The van der Waals surface area contributed by atoms with Crippen LogP contribution in [0.5, 0.6) is 5.75 Å². The van der Waals surface area contributed by atoms with Crippen LogP contribution in [-0.4, -0.2) is 60.8 Å². The van der Waals surface area contributed by atoms with Crippen molar-refractivity contribution in [3.8, 4) is 5.75 Å². The lowest BCUT2D eigenvalue weighted by Crippen LogP contribution is -2.47. The Hall–Kier alpha value is -2.19. The molecule has 1 fully saturated rings. The number of ether oxygens (including phenoxy) is 1. The van der Waals surface area contributed by atoms with Gasteiger partial charge in [-0.05, 0) is 24.1 Å². The van der Waals surface area contributed by atoms with Gasteiger partial charge in [0.1, 0.15) is 5.75 Å². The third kappa shape index (κ3) is 3.26. The average molecular weight is 373 g/mol. The molecule has 138 valence electrons. The smallest absolute Gasteiger partial charge is 0.282 e. The molecule has 0 spiro atoms. The molecule has 26 heavy (non-hydrogen) atoms. The number of benzene rings is 1. The fraction of sp³-hybridized carbons (Fsp3) is 0.500. The summed E-state index contributed by atoms with van der Waals surface area (Å²) in [7, 11) is 1.60. The van der Waals surface area contributed by atoms with E-state index >= 15 is 0 Å². The summed E-state index contributed by atoms with van der Waals surface area (Å²) >= 11 is 1.35. The van der Waals surface area contributed by atoms with Gasteiger partial charge in [-0.15, -0.1) is 10.2 Å². The number of anilines is 1. The molecule has 0 bridgehead atoms. The zero-order valence-electron chi connectivity index (χ0n) is 15.1. The van der Waals surface area contributed by atoms with Gasteiger partial charge < -0.3 is 15.0 Å². The first-order valence-corrected chi connectivity index (χ1v) is 9.77. The average Bonchev–Trinajstić information content (AvgIpc) is 3.35. The molecule has 1 atom stereocenters. The van der Waals surface area contributed by atoms with E-state index in [2.05, 4.69) is 50.4 Å². The van der Waals surface area contributed by atoms with E-state index < -0.39 is 0 Å². The first-order valence-electron chi connectivity index (χ1n) is 8.96. The monoisotopic (exact) mass is 373 g/mol. The van der Waals surface area contributed by atoms with E-state index in [1.54, 1.807) is 7.05 Å². The predicted octanol–water partition coefficient (Wildman–Crippen LogP) is 1.72. The number of nitrogens with zero attached hydrogens (tertiary/aromatic N) is 4. The highest BCUT2D eigenvalue weighted by atomic mass is 32.1. The molecule has 1 amide bonds. The Labute approximate surface area is 157 Å². The van der Waals surface area contributed by atoms with E-state index in [9.17, 15) is 4.79 Å². The predicted molar refractivity (Wildman–Crippen MR) is 101 cm³/mol. The molecule has 0 saturated carbocycles. The van der Waals surface area contributed by atoms with Gasteiger partial charge in [0.2, 0.25) is 10.1 Å². The fourth-order valence-electron chi connectivity index (χ4n) is 3.50. The van der Waals surface area contributed by atoms with E-state index in [4.69, 9.17) is 4.74 Å². The quantitative estimate of drug-likeness (QED) is 0.880. The summed E-state index contributed by atoms with van der Waals surface area (Å²) in [6, 6.07) is 6.97. The minimum absolute atomic E-state index is 0.181. The number of carbonyl (C=O) groups excluding carboxylic acids is 1. The molecule has 7 nitrogen and oxygen atoms in total. The summed E-state index contributed by atoms with van der Waals surface area (Å²) in [5.74, 6) is 0.864. The molecule has 2 aliphatic rings. The van der Waals surface area contributed by atoms with Crippen molar-refractivity contribution in [1.82, 2.24) is 20.4 Å². The Bertz CT molecular complexity index is 801. The highest BCUT2D eigenvalue weighted by molar-refractivity contribution is 7.17. The molecule has 1 unspecified atom stereocenters. The highest BCUT2D eigenvalue weighted by Gasteiger charge is 2.25. The maximum absolute atomic E-state index is 11.6. The second-order valence-corrected chi connectivity index (χ2v) is 7.59. The third-order valence-electron chi connectivity index (χ3n) is 5.17. The lowest BCUT2D eigenvalue weighted by Gasteiger charge is -2.38. The van der Waals surface area contributed by atoms with Crippen molar-refractivity contribution in [2.45, 2.75) is 19.4 Å². The van der Waals surface area contributed by atoms with Crippen LogP contribution in [0.4, 0.5) is 5.13 Å². The normalized spacial score (nSPS) is 18.3. The Morgan fingerprint density at radius 3 is 2.85 bits per heavy atom. The SMILES string of the molecule is CNC(=O)c1nnc(N2CCN(C(C)c3ccc4c(c3)OCC4)CC2)s1. The van der Waals surface area contributed by atoms with Crippen molar-refractivity contribution in [1.29, 1.82) is 0 Å². The number of aromatic nitrogens is 2. The summed E-state index contributed by atoms with van der Waals surface area (Å²) in [4.78, 5) is 16.3. The Morgan fingerprint density at radius 1 is 1.27 bits per heavy atom. The van der Waals surface area contributed by atoms with Crippen molar-refractivity contribution >= 4 is 22.4 Å². The van der Waals surface area contributed by atoms with Gasteiger partial charge in [-0.3, -0.25) is 9.69 Å². The van der Waals surface area contributed by atoms with Gasteiger partial charge in [0.25, 0.3) is 5.91 Å². The number of piperazine rings is 1. The summed E-state index contributed by atoms with van der Waals surface area (Å²) in [5.41, 5.74) is 2.62. The molecule has 0 aliphatic carbocycles. The lowest BCUT2D eigenvalue weighted by atomic mass is 10.0. The van der Waals surface area contributed by atoms with Gasteiger partial charge in [0.05, 0.1) is 6.61 Å². The van der Waals surface area contributed by atoms with Crippen LogP contribution in [-0.2, 0) is 6.42 Å². The zero-order valence-corrected chi connectivity index (χ0v) is 15.9. The number of hydrogen-bond acceptors (Lipinski definition) is 7. The molecule has 2 aliphatic heterocycles. The van der Waals surface area contributed by atoms with Crippen molar-refractivity contribution < 1.29 is 9.53 Å². The Kier molecular flexibility index (Phi) is 4.78. The zero-order chi connectivity index (χ0) is 18.1. The van der Waals surface area contributed by atoms with Crippen LogP contribution in [0, 0.1) is 0 Å². The highest BCUT2D eigenvalue weighted by Crippen LogP contribution is 2.31. The minimum atomic E-state index is -0.181. The Morgan fingerprint density at radius 2 is 2.08 bits per heavy atom. The summed E-state index contributed by atoms with van der Waals surface area (Å²) in [6.07, 6.45) is 1.02. The molecule has 0 radical (unpaired) electrons. The van der Waals surface area contributed by atoms with Crippen LogP contribution in [0.2, 0.25) is 0 Å². The van der Waals surface area contributed by atoms with Crippen LogP contribution in [0.25, 0.3) is 0 Å². The number of carbonyl (C=O) groups is 1. The van der Waals surface area contributed by atoms with Gasteiger partial charge in [-0.1, -0.05) is 23.5 Å². The minimum Gasteiger partial charge on any atom is -0.493 e. The fourth-order valence-corrected chi connectivity index (χ4v) is 4.34. The molecule has 1 N–H and O–H groups in total. The van der Waals surface area contributed by atoms with Crippen molar-refractivity contribution in [2.75, 3.05) is 44.7 Å². The maximum atomic E-state index is 11.6. The first kappa shape index (κ1) is 17.2. The topological polar surface area (TPSA) is 70.6 Å². The van der Waals surface area contributed by atoms with Gasteiger partial charge in [0.15, 0.2) is 0 Å². The molecular weight excluding hydrogens is 350 g/mol.